The Bertz CT molecular complexity index is 299. The number of carbonyl (C=O) groups excluding carboxylic acids is 1. The SMILES string of the molecule is Cc1ccc(Cl)c(C(Br)C=O)c1. The molecule has 1 nitrogen and oxygen atoms in total. The van der Waals surface area contributed by atoms with E-state index in [9.17, 15) is 4.79 Å². The molecule has 1 rings (SSSR count). The van der Waals surface area contributed by atoms with Crippen LogP contribution in [0.4, 0.5) is 0 Å². The number of alkyl halides is 1. The molecule has 0 aliphatic heterocycles. The minimum atomic E-state index is -0.301. The lowest BCUT2D eigenvalue weighted by Gasteiger charge is -2.05. The lowest BCUT2D eigenvalue weighted by atomic mass is 10.1. The highest BCUT2D eigenvalue weighted by Gasteiger charge is 2.09. The van der Waals surface area contributed by atoms with E-state index in [-0.39, 0.29) is 4.83 Å². The summed E-state index contributed by atoms with van der Waals surface area (Å²) >= 11 is 9.10. The first-order valence-corrected chi connectivity index (χ1v) is 4.80. The predicted octanol–water partition coefficient (Wildman–Crippen LogP) is 3.28. The first kappa shape index (κ1) is 9.75. The Morgan fingerprint density at radius 3 is 2.83 bits per heavy atom. The largest absolute Gasteiger partial charge is 0.302 e. The number of rotatable bonds is 2. The van der Waals surface area contributed by atoms with Gasteiger partial charge in [0.1, 0.15) is 6.29 Å². The van der Waals surface area contributed by atoms with Gasteiger partial charge in [0.05, 0.1) is 4.83 Å². The van der Waals surface area contributed by atoms with Gasteiger partial charge in [-0.25, -0.2) is 0 Å². The molecule has 1 aromatic carbocycles. The van der Waals surface area contributed by atoms with Crippen LogP contribution in [0, 0.1) is 6.92 Å². The average molecular weight is 248 g/mol. The smallest absolute Gasteiger partial charge is 0.138 e. The average Bonchev–Trinajstić information content (AvgIpc) is 2.08. The van der Waals surface area contributed by atoms with Gasteiger partial charge in [0.2, 0.25) is 0 Å². The van der Waals surface area contributed by atoms with E-state index in [1.165, 1.54) is 0 Å². The normalized spacial score (nSPS) is 12.6. The van der Waals surface area contributed by atoms with E-state index in [1.807, 2.05) is 19.1 Å². The topological polar surface area (TPSA) is 17.1 Å². The second-order valence-electron chi connectivity index (χ2n) is 2.56. The Morgan fingerprint density at radius 1 is 1.58 bits per heavy atom. The second kappa shape index (κ2) is 4.06. The second-order valence-corrected chi connectivity index (χ2v) is 3.96. The first-order chi connectivity index (χ1) is 5.65. The number of hydrogen-bond acceptors (Lipinski definition) is 1. The van der Waals surface area contributed by atoms with Crippen molar-refractivity contribution in [2.45, 2.75) is 11.8 Å². The van der Waals surface area contributed by atoms with E-state index in [0.29, 0.717) is 5.02 Å². The van der Waals surface area contributed by atoms with Gasteiger partial charge in [0, 0.05) is 5.02 Å². The number of hydrogen-bond donors (Lipinski definition) is 0. The van der Waals surface area contributed by atoms with Crippen LogP contribution in [0.15, 0.2) is 18.2 Å². The van der Waals surface area contributed by atoms with Crippen molar-refractivity contribution in [2.24, 2.45) is 0 Å². The molecule has 0 aliphatic carbocycles. The molecular weight excluding hydrogens is 239 g/mol. The fourth-order valence-electron chi connectivity index (χ4n) is 0.948. The summed E-state index contributed by atoms with van der Waals surface area (Å²) in [4.78, 5) is 10.2. The highest BCUT2D eigenvalue weighted by molar-refractivity contribution is 9.09. The lowest BCUT2D eigenvalue weighted by molar-refractivity contribution is -0.107. The number of aldehydes is 1. The van der Waals surface area contributed by atoms with E-state index in [1.54, 1.807) is 6.07 Å². The van der Waals surface area contributed by atoms with Crippen molar-refractivity contribution in [1.29, 1.82) is 0 Å². The monoisotopic (exact) mass is 246 g/mol. The molecule has 0 spiro atoms. The lowest BCUT2D eigenvalue weighted by Crippen LogP contribution is -1.92. The molecule has 0 saturated heterocycles. The zero-order valence-corrected chi connectivity index (χ0v) is 8.89. The molecule has 0 N–H and O–H groups in total. The number of benzene rings is 1. The Labute approximate surface area is 84.9 Å². The van der Waals surface area contributed by atoms with Crippen LogP contribution < -0.4 is 0 Å². The molecule has 0 fully saturated rings. The number of aryl methyl sites for hydroxylation is 1. The van der Waals surface area contributed by atoms with Gasteiger partial charge in [-0.1, -0.05) is 45.2 Å². The summed E-state index contributed by atoms with van der Waals surface area (Å²) in [5, 5.41) is 0.620. The quantitative estimate of drug-likeness (QED) is 0.579. The minimum absolute atomic E-state index is 0.301. The molecule has 0 aromatic heterocycles. The van der Waals surface area contributed by atoms with Crippen molar-refractivity contribution in [1.82, 2.24) is 0 Å². The van der Waals surface area contributed by atoms with Gasteiger partial charge in [-0.05, 0) is 18.6 Å². The molecule has 64 valence electrons. The standard InChI is InChI=1S/C9H8BrClO/c1-6-2-3-9(11)7(4-6)8(10)5-12/h2-5,8H,1H3. The Hall–Kier alpha value is -0.340. The van der Waals surface area contributed by atoms with Crippen molar-refractivity contribution in [3.8, 4) is 0 Å². The van der Waals surface area contributed by atoms with Gasteiger partial charge in [-0.3, -0.25) is 0 Å². The summed E-state index contributed by atoms with van der Waals surface area (Å²) in [6, 6.07) is 5.61. The van der Waals surface area contributed by atoms with Crippen LogP contribution in [0.25, 0.3) is 0 Å². The molecule has 0 saturated carbocycles. The molecule has 0 heterocycles. The zero-order valence-electron chi connectivity index (χ0n) is 6.55. The predicted molar refractivity (Wildman–Crippen MR) is 53.9 cm³/mol. The maximum atomic E-state index is 10.5. The molecule has 0 bridgehead atoms. The summed E-state index contributed by atoms with van der Waals surface area (Å²) in [5.41, 5.74) is 1.92. The molecular formula is C9H8BrClO. The van der Waals surface area contributed by atoms with E-state index >= 15 is 0 Å². The van der Waals surface area contributed by atoms with E-state index in [0.717, 1.165) is 17.4 Å². The molecule has 1 aromatic rings. The van der Waals surface area contributed by atoms with Gasteiger partial charge in [0.25, 0.3) is 0 Å². The fraction of sp³-hybridized carbons (Fsp3) is 0.222. The van der Waals surface area contributed by atoms with Gasteiger partial charge >= 0.3 is 0 Å². The zero-order chi connectivity index (χ0) is 9.14. The van der Waals surface area contributed by atoms with E-state index < -0.39 is 0 Å². The summed E-state index contributed by atoms with van der Waals surface area (Å²) in [6.45, 7) is 1.96. The van der Waals surface area contributed by atoms with Crippen LogP contribution >= 0.6 is 27.5 Å². The third kappa shape index (κ3) is 2.08. The maximum absolute atomic E-state index is 10.5. The molecule has 1 atom stereocenters. The van der Waals surface area contributed by atoms with Crippen molar-refractivity contribution in [3.63, 3.8) is 0 Å². The van der Waals surface area contributed by atoms with Gasteiger partial charge in [0.15, 0.2) is 0 Å². The van der Waals surface area contributed by atoms with Crippen LogP contribution in [-0.4, -0.2) is 6.29 Å². The van der Waals surface area contributed by atoms with Crippen molar-refractivity contribution >= 4 is 33.8 Å². The summed E-state index contributed by atoms with van der Waals surface area (Å²) in [5.74, 6) is 0. The first-order valence-electron chi connectivity index (χ1n) is 3.50. The van der Waals surface area contributed by atoms with E-state index in [2.05, 4.69) is 15.9 Å². The number of carbonyl (C=O) groups is 1. The van der Waals surface area contributed by atoms with E-state index in [4.69, 9.17) is 11.6 Å². The van der Waals surface area contributed by atoms with Crippen LogP contribution in [0.2, 0.25) is 5.02 Å². The third-order valence-corrected chi connectivity index (χ3v) is 2.62. The molecule has 1 unspecified atom stereocenters. The Kier molecular flexibility index (Phi) is 3.29. The highest BCUT2D eigenvalue weighted by atomic mass is 79.9. The van der Waals surface area contributed by atoms with Crippen molar-refractivity contribution in [3.05, 3.63) is 34.3 Å². The molecule has 0 radical (unpaired) electrons. The fourth-order valence-corrected chi connectivity index (χ4v) is 1.69. The summed E-state index contributed by atoms with van der Waals surface area (Å²) in [6.07, 6.45) is 0.820. The van der Waals surface area contributed by atoms with Crippen LogP contribution in [0.3, 0.4) is 0 Å². The van der Waals surface area contributed by atoms with Crippen molar-refractivity contribution < 1.29 is 4.79 Å². The Morgan fingerprint density at radius 2 is 2.25 bits per heavy atom. The van der Waals surface area contributed by atoms with Crippen LogP contribution in [-0.2, 0) is 4.79 Å². The molecule has 3 heteroatoms. The van der Waals surface area contributed by atoms with Crippen molar-refractivity contribution in [2.75, 3.05) is 0 Å². The summed E-state index contributed by atoms with van der Waals surface area (Å²) < 4.78 is 0. The molecule has 12 heavy (non-hydrogen) atoms. The third-order valence-electron chi connectivity index (χ3n) is 1.57. The molecule has 0 aliphatic rings. The van der Waals surface area contributed by atoms with Crippen LogP contribution in [0.1, 0.15) is 16.0 Å². The van der Waals surface area contributed by atoms with Crippen LogP contribution in [0.5, 0.6) is 0 Å². The Balaban J connectivity index is 3.12. The summed E-state index contributed by atoms with van der Waals surface area (Å²) in [7, 11) is 0. The van der Waals surface area contributed by atoms with Gasteiger partial charge in [-0.15, -0.1) is 0 Å². The minimum Gasteiger partial charge on any atom is -0.302 e. The molecule has 0 amide bonds. The highest BCUT2D eigenvalue weighted by Crippen LogP contribution is 2.28. The van der Waals surface area contributed by atoms with Gasteiger partial charge in [-0.2, -0.15) is 0 Å². The van der Waals surface area contributed by atoms with Gasteiger partial charge < -0.3 is 4.79 Å². The number of halogens is 2. The maximum Gasteiger partial charge on any atom is 0.138 e.